The molecular weight excluding hydrogens is 468 g/mol. The molecule has 2 atom stereocenters. The molecule has 3 heterocycles. The van der Waals surface area contributed by atoms with Crippen LogP contribution >= 0.6 is 12.2 Å². The van der Waals surface area contributed by atoms with Crippen LogP contribution in [0.15, 0.2) is 72.9 Å². The van der Waals surface area contributed by atoms with Gasteiger partial charge in [-0.3, -0.25) is 4.98 Å². The highest BCUT2D eigenvalue weighted by atomic mass is 32.1. The number of hydrogen-bond acceptors (Lipinski definition) is 3. The minimum absolute atomic E-state index is 0.175. The summed E-state index contributed by atoms with van der Waals surface area (Å²) in [5.41, 5.74) is 8.20. The summed E-state index contributed by atoms with van der Waals surface area (Å²) in [6, 6.07) is 21.2. The minimum Gasteiger partial charge on any atom is -0.478 e. The third kappa shape index (κ3) is 3.95. The van der Waals surface area contributed by atoms with E-state index < -0.39 is 5.97 Å². The molecule has 7 heteroatoms. The largest absolute Gasteiger partial charge is 0.478 e. The molecule has 1 saturated heterocycles. The molecule has 2 N–H and O–H groups in total. The molecule has 0 bridgehead atoms. The van der Waals surface area contributed by atoms with Crippen molar-refractivity contribution < 1.29 is 9.90 Å². The molecule has 36 heavy (non-hydrogen) atoms. The van der Waals surface area contributed by atoms with Crippen molar-refractivity contribution in [1.29, 1.82) is 0 Å². The predicted molar refractivity (Wildman–Crippen MR) is 146 cm³/mol. The number of anilines is 1. The molecule has 4 aromatic rings. The summed E-state index contributed by atoms with van der Waals surface area (Å²) in [4.78, 5) is 18.8. The quantitative estimate of drug-likeness (QED) is 0.331. The molecule has 1 aliphatic rings. The molecule has 6 nitrogen and oxygen atoms in total. The zero-order valence-electron chi connectivity index (χ0n) is 20.7. The fourth-order valence-electron chi connectivity index (χ4n) is 5.13. The van der Waals surface area contributed by atoms with Gasteiger partial charge < -0.3 is 19.9 Å². The second kappa shape index (κ2) is 9.24. The van der Waals surface area contributed by atoms with Gasteiger partial charge in [0.05, 0.1) is 29.0 Å². The van der Waals surface area contributed by atoms with Crippen molar-refractivity contribution in [3.63, 3.8) is 0 Å². The number of aromatic carboxylic acids is 1. The fourth-order valence-corrected chi connectivity index (χ4v) is 5.48. The Morgan fingerprint density at radius 1 is 0.972 bits per heavy atom. The Bertz CT molecular complexity index is 1480. The molecule has 2 aromatic carbocycles. The zero-order chi connectivity index (χ0) is 25.6. The van der Waals surface area contributed by atoms with Crippen LogP contribution in [0.5, 0.6) is 0 Å². The molecular formula is C29H28N4O2S. The summed E-state index contributed by atoms with van der Waals surface area (Å²) in [6.45, 7) is 8.25. The summed E-state index contributed by atoms with van der Waals surface area (Å²) in [5.74, 6) is -0.952. The van der Waals surface area contributed by atoms with Crippen LogP contribution in [0.2, 0.25) is 0 Å². The van der Waals surface area contributed by atoms with Gasteiger partial charge in [0.2, 0.25) is 0 Å². The number of hydrogen-bond donors (Lipinski definition) is 2. The number of nitrogens with zero attached hydrogens (tertiary/aromatic N) is 3. The van der Waals surface area contributed by atoms with E-state index in [0.717, 1.165) is 28.3 Å². The standard InChI is InChI=1S/C29H28N4O2S/c1-17-12-13-21(15-18(17)2)33-27(26(31-29(33)36)24-10-7-8-14-30-24)23-16-19(3)32(20(23)4)25-11-6-5-9-22(25)28(34)35/h5-16,26-27H,1-4H3,(H,31,36)(H,34,35)/t26-,27-/m0/s1. The lowest BCUT2D eigenvalue weighted by Gasteiger charge is -2.28. The van der Waals surface area contributed by atoms with Crippen molar-refractivity contribution in [1.82, 2.24) is 14.9 Å². The first kappa shape index (κ1) is 23.8. The molecule has 1 aliphatic heterocycles. The number of benzene rings is 2. The molecule has 5 rings (SSSR count). The van der Waals surface area contributed by atoms with E-state index in [1.54, 1.807) is 18.3 Å². The van der Waals surface area contributed by atoms with Gasteiger partial charge in [-0.05, 0) is 99.1 Å². The van der Waals surface area contributed by atoms with Crippen molar-refractivity contribution in [3.05, 3.63) is 112 Å². The summed E-state index contributed by atoms with van der Waals surface area (Å²) < 4.78 is 2.02. The predicted octanol–water partition coefficient (Wildman–Crippen LogP) is 5.98. The van der Waals surface area contributed by atoms with Gasteiger partial charge in [0, 0.05) is 23.3 Å². The molecule has 2 aromatic heterocycles. The van der Waals surface area contributed by atoms with E-state index >= 15 is 0 Å². The average molecular weight is 497 g/mol. The van der Waals surface area contributed by atoms with Crippen LogP contribution < -0.4 is 10.2 Å². The summed E-state index contributed by atoms with van der Waals surface area (Å²) in [5, 5.41) is 14.0. The smallest absolute Gasteiger partial charge is 0.337 e. The molecule has 182 valence electrons. The number of thiocarbonyl (C=S) groups is 1. The Hall–Kier alpha value is -3.97. The van der Waals surface area contributed by atoms with Crippen LogP contribution in [0.4, 0.5) is 5.69 Å². The third-order valence-electron chi connectivity index (χ3n) is 7.03. The second-order valence-corrected chi connectivity index (χ2v) is 9.64. The minimum atomic E-state index is -0.952. The number of carboxylic acid groups (broad SMARTS) is 1. The number of carbonyl (C=O) groups is 1. The maximum Gasteiger partial charge on any atom is 0.337 e. The van der Waals surface area contributed by atoms with Gasteiger partial charge in [0.25, 0.3) is 0 Å². The number of rotatable bonds is 5. The van der Waals surface area contributed by atoms with Crippen molar-refractivity contribution in [2.75, 3.05) is 4.90 Å². The number of aromatic nitrogens is 2. The van der Waals surface area contributed by atoms with E-state index in [0.29, 0.717) is 10.8 Å². The van der Waals surface area contributed by atoms with Gasteiger partial charge in [-0.2, -0.15) is 0 Å². The van der Waals surface area contributed by atoms with Gasteiger partial charge in [0.15, 0.2) is 5.11 Å². The van der Waals surface area contributed by atoms with E-state index in [-0.39, 0.29) is 17.6 Å². The highest BCUT2D eigenvalue weighted by Crippen LogP contribution is 2.44. The third-order valence-corrected chi connectivity index (χ3v) is 7.35. The first-order valence-corrected chi connectivity index (χ1v) is 12.3. The molecule has 0 spiro atoms. The SMILES string of the molecule is Cc1ccc(N2C(=S)N[C@@H](c3ccccn3)[C@@H]2c2cc(C)n(-c3ccccc3C(=O)O)c2C)cc1C. The van der Waals surface area contributed by atoms with Crippen LogP contribution in [0.1, 0.15) is 56.2 Å². The Labute approximate surface area is 216 Å². The molecule has 0 amide bonds. The highest BCUT2D eigenvalue weighted by molar-refractivity contribution is 7.80. The summed E-state index contributed by atoms with van der Waals surface area (Å²) in [6.07, 6.45) is 1.79. The van der Waals surface area contributed by atoms with Gasteiger partial charge in [-0.25, -0.2) is 4.79 Å². The Kier molecular flexibility index (Phi) is 6.10. The van der Waals surface area contributed by atoms with Gasteiger partial charge in [-0.15, -0.1) is 0 Å². The van der Waals surface area contributed by atoms with E-state index in [4.69, 9.17) is 12.2 Å². The lowest BCUT2D eigenvalue weighted by atomic mass is 9.96. The van der Waals surface area contributed by atoms with Crippen molar-refractivity contribution in [3.8, 4) is 5.69 Å². The van der Waals surface area contributed by atoms with Crippen LogP contribution in [0, 0.1) is 27.7 Å². The van der Waals surface area contributed by atoms with Crippen molar-refractivity contribution >= 4 is 29.0 Å². The molecule has 0 unspecified atom stereocenters. The Morgan fingerprint density at radius 2 is 1.72 bits per heavy atom. The van der Waals surface area contributed by atoms with E-state index in [9.17, 15) is 9.90 Å². The Balaban J connectivity index is 1.71. The van der Waals surface area contributed by atoms with Gasteiger partial charge >= 0.3 is 5.97 Å². The fraction of sp³-hybridized carbons (Fsp3) is 0.207. The van der Waals surface area contributed by atoms with Gasteiger partial charge in [0.1, 0.15) is 0 Å². The number of pyridine rings is 1. The average Bonchev–Trinajstić information content (AvgIpc) is 3.36. The molecule has 0 saturated carbocycles. The summed E-state index contributed by atoms with van der Waals surface area (Å²) >= 11 is 5.89. The molecule has 0 aliphatic carbocycles. The lowest BCUT2D eigenvalue weighted by Crippen LogP contribution is -2.29. The van der Waals surface area contributed by atoms with E-state index in [1.165, 1.54) is 11.1 Å². The van der Waals surface area contributed by atoms with E-state index in [1.807, 2.05) is 48.7 Å². The van der Waals surface area contributed by atoms with E-state index in [2.05, 4.69) is 53.3 Å². The van der Waals surface area contributed by atoms with Crippen molar-refractivity contribution in [2.24, 2.45) is 0 Å². The van der Waals surface area contributed by atoms with Crippen LogP contribution in [-0.2, 0) is 0 Å². The normalized spacial score (nSPS) is 17.3. The monoisotopic (exact) mass is 496 g/mol. The second-order valence-electron chi connectivity index (χ2n) is 9.25. The topological polar surface area (TPSA) is 70.4 Å². The first-order chi connectivity index (χ1) is 17.3. The van der Waals surface area contributed by atoms with Crippen molar-refractivity contribution in [2.45, 2.75) is 39.8 Å². The molecule has 1 fully saturated rings. The Morgan fingerprint density at radius 3 is 2.42 bits per heavy atom. The maximum atomic E-state index is 12.0. The number of aryl methyl sites for hydroxylation is 3. The maximum absolute atomic E-state index is 12.0. The first-order valence-electron chi connectivity index (χ1n) is 11.9. The highest BCUT2D eigenvalue weighted by Gasteiger charge is 2.42. The number of para-hydroxylation sites is 1. The zero-order valence-corrected chi connectivity index (χ0v) is 21.5. The van der Waals surface area contributed by atoms with Crippen LogP contribution in [0.3, 0.4) is 0 Å². The van der Waals surface area contributed by atoms with Crippen LogP contribution in [0.25, 0.3) is 5.69 Å². The number of nitrogens with one attached hydrogen (secondary N) is 1. The summed E-state index contributed by atoms with van der Waals surface area (Å²) in [7, 11) is 0. The number of carboxylic acids is 1. The lowest BCUT2D eigenvalue weighted by molar-refractivity contribution is 0.0697. The van der Waals surface area contributed by atoms with Crippen LogP contribution in [-0.4, -0.2) is 25.7 Å². The van der Waals surface area contributed by atoms with Gasteiger partial charge in [-0.1, -0.05) is 24.3 Å². The molecule has 0 radical (unpaired) electrons.